The van der Waals surface area contributed by atoms with Gasteiger partial charge in [0.25, 0.3) is 0 Å². The van der Waals surface area contributed by atoms with Crippen LogP contribution in [0.15, 0.2) is 0 Å². The van der Waals surface area contributed by atoms with Gasteiger partial charge in [-0.05, 0) is 53.1 Å². The minimum atomic E-state index is -0.785. The van der Waals surface area contributed by atoms with E-state index in [0.717, 1.165) is 13.0 Å². The van der Waals surface area contributed by atoms with Crippen LogP contribution in [0.4, 0.5) is 0 Å². The molecule has 0 fully saturated rings. The number of ketones is 3. The summed E-state index contributed by atoms with van der Waals surface area (Å²) in [5.74, 6) is -1.24. The highest BCUT2D eigenvalue weighted by Crippen LogP contribution is 2.07. The van der Waals surface area contributed by atoms with E-state index in [2.05, 4.69) is 16.0 Å². The Morgan fingerprint density at radius 2 is 1.45 bits per heavy atom. The topological polar surface area (TPSA) is 121 Å². The summed E-state index contributed by atoms with van der Waals surface area (Å²) in [5.41, 5.74) is 0. The van der Waals surface area contributed by atoms with Crippen LogP contribution in [0.1, 0.15) is 72.6 Å². The standard InChI is InChI=1S/C21H37N3O5/c1-14(2)19(27)11-12-20(28)23-18(8-6-7-13-22-5)21(29)24-17(16(4)26)10-9-15(3)25/h14,17-18,22H,6-13H2,1-5H3,(H,23,28)(H,24,29). The third kappa shape index (κ3) is 12.9. The summed E-state index contributed by atoms with van der Waals surface area (Å²) >= 11 is 0. The zero-order chi connectivity index (χ0) is 22.4. The summed E-state index contributed by atoms with van der Waals surface area (Å²) < 4.78 is 0. The number of carbonyl (C=O) groups is 5. The molecule has 0 saturated carbocycles. The van der Waals surface area contributed by atoms with Gasteiger partial charge in [0.15, 0.2) is 5.78 Å². The maximum Gasteiger partial charge on any atom is 0.243 e. The largest absolute Gasteiger partial charge is 0.345 e. The lowest BCUT2D eigenvalue weighted by Gasteiger charge is -2.22. The average Bonchev–Trinajstić information content (AvgIpc) is 2.64. The van der Waals surface area contributed by atoms with Crippen molar-refractivity contribution in [3.05, 3.63) is 0 Å². The normalized spacial score (nSPS) is 12.9. The van der Waals surface area contributed by atoms with E-state index in [1.54, 1.807) is 13.8 Å². The van der Waals surface area contributed by atoms with E-state index in [0.29, 0.717) is 12.8 Å². The van der Waals surface area contributed by atoms with Crippen molar-refractivity contribution >= 4 is 29.2 Å². The molecule has 0 aliphatic rings. The summed E-state index contributed by atoms with van der Waals surface area (Å²) in [6, 6.07) is -1.54. The van der Waals surface area contributed by atoms with Gasteiger partial charge in [-0.25, -0.2) is 0 Å². The van der Waals surface area contributed by atoms with Crippen LogP contribution in [0, 0.1) is 5.92 Å². The van der Waals surface area contributed by atoms with Crippen molar-refractivity contribution in [2.45, 2.75) is 84.7 Å². The monoisotopic (exact) mass is 411 g/mol. The summed E-state index contributed by atoms with van der Waals surface area (Å²) in [6.07, 6.45) is 2.56. The van der Waals surface area contributed by atoms with E-state index in [1.165, 1.54) is 13.8 Å². The molecule has 2 amide bonds. The highest BCUT2D eigenvalue weighted by Gasteiger charge is 2.25. The Morgan fingerprint density at radius 3 is 1.97 bits per heavy atom. The second kappa shape index (κ2) is 14.8. The fourth-order valence-electron chi connectivity index (χ4n) is 2.71. The highest BCUT2D eigenvalue weighted by molar-refractivity contribution is 5.93. The Morgan fingerprint density at radius 1 is 0.793 bits per heavy atom. The summed E-state index contributed by atoms with van der Waals surface area (Å²) in [5, 5.41) is 8.39. The van der Waals surface area contributed by atoms with Crippen LogP contribution in [0.5, 0.6) is 0 Å². The number of Topliss-reactive ketones (excluding diaryl/α,β-unsaturated/α-hetero) is 3. The predicted molar refractivity (Wildman–Crippen MR) is 111 cm³/mol. The molecule has 166 valence electrons. The van der Waals surface area contributed by atoms with Crippen molar-refractivity contribution in [3.63, 3.8) is 0 Å². The van der Waals surface area contributed by atoms with Crippen molar-refractivity contribution in [1.82, 2.24) is 16.0 Å². The first kappa shape index (κ1) is 26.9. The van der Waals surface area contributed by atoms with Crippen LogP contribution in [0.3, 0.4) is 0 Å². The Kier molecular flexibility index (Phi) is 13.8. The fourth-order valence-corrected chi connectivity index (χ4v) is 2.71. The lowest BCUT2D eigenvalue weighted by molar-refractivity contribution is -0.132. The van der Waals surface area contributed by atoms with E-state index in [4.69, 9.17) is 0 Å². The van der Waals surface area contributed by atoms with Crippen LogP contribution < -0.4 is 16.0 Å². The second-order valence-electron chi connectivity index (χ2n) is 7.75. The summed E-state index contributed by atoms with van der Waals surface area (Å²) in [7, 11) is 1.84. The molecule has 3 N–H and O–H groups in total. The molecule has 0 aromatic carbocycles. The molecule has 2 unspecified atom stereocenters. The van der Waals surface area contributed by atoms with Gasteiger partial charge in [-0.3, -0.25) is 19.2 Å². The number of hydrogen-bond acceptors (Lipinski definition) is 6. The predicted octanol–water partition coefficient (Wildman–Crippen LogP) is 1.31. The molecule has 8 heteroatoms. The third-order valence-corrected chi connectivity index (χ3v) is 4.66. The van der Waals surface area contributed by atoms with Crippen LogP contribution in [-0.4, -0.2) is 54.8 Å². The molecule has 0 bridgehead atoms. The Bertz CT molecular complexity index is 575. The summed E-state index contributed by atoms with van der Waals surface area (Å²) in [6.45, 7) is 7.15. The number of hydrogen-bond donors (Lipinski definition) is 3. The van der Waals surface area contributed by atoms with Gasteiger partial charge in [0, 0.05) is 25.2 Å². The van der Waals surface area contributed by atoms with Crippen LogP contribution in [-0.2, 0) is 24.0 Å². The zero-order valence-electron chi connectivity index (χ0n) is 18.4. The third-order valence-electron chi connectivity index (χ3n) is 4.66. The second-order valence-corrected chi connectivity index (χ2v) is 7.75. The first-order valence-corrected chi connectivity index (χ1v) is 10.3. The van der Waals surface area contributed by atoms with Gasteiger partial charge in [-0.15, -0.1) is 0 Å². The Balaban J connectivity index is 4.94. The quantitative estimate of drug-likeness (QED) is 0.329. The maximum absolute atomic E-state index is 12.7. The van der Waals surface area contributed by atoms with Gasteiger partial charge in [-0.2, -0.15) is 0 Å². The van der Waals surface area contributed by atoms with E-state index >= 15 is 0 Å². The molecule has 0 aliphatic heterocycles. The van der Waals surface area contributed by atoms with Gasteiger partial charge < -0.3 is 20.7 Å². The highest BCUT2D eigenvalue weighted by atomic mass is 16.2. The molecule has 0 rings (SSSR count). The van der Waals surface area contributed by atoms with Crippen LogP contribution in [0.2, 0.25) is 0 Å². The Labute approximate surface area is 173 Å². The minimum absolute atomic E-state index is 0.00366. The number of carbonyl (C=O) groups excluding carboxylic acids is 5. The molecule has 2 atom stereocenters. The summed E-state index contributed by atoms with van der Waals surface area (Å²) in [4.78, 5) is 59.7. The first-order valence-electron chi connectivity index (χ1n) is 10.3. The van der Waals surface area contributed by atoms with Crippen molar-refractivity contribution < 1.29 is 24.0 Å². The van der Waals surface area contributed by atoms with Gasteiger partial charge >= 0.3 is 0 Å². The minimum Gasteiger partial charge on any atom is -0.345 e. The molecule has 8 nitrogen and oxygen atoms in total. The molecule has 0 aliphatic carbocycles. The number of nitrogens with one attached hydrogen (secondary N) is 3. The van der Waals surface area contributed by atoms with Crippen molar-refractivity contribution in [1.29, 1.82) is 0 Å². The van der Waals surface area contributed by atoms with Crippen LogP contribution >= 0.6 is 0 Å². The first-order chi connectivity index (χ1) is 13.6. The lowest BCUT2D eigenvalue weighted by Crippen LogP contribution is -2.51. The SMILES string of the molecule is CNCCCCC(NC(=O)CCC(=O)C(C)C)C(=O)NC(CCC(C)=O)C(C)=O. The van der Waals surface area contributed by atoms with Crippen molar-refractivity contribution in [2.75, 3.05) is 13.6 Å². The van der Waals surface area contributed by atoms with E-state index < -0.39 is 18.0 Å². The molecular formula is C21H37N3O5. The van der Waals surface area contributed by atoms with Crippen molar-refractivity contribution in [2.24, 2.45) is 5.92 Å². The molecule has 0 aromatic heterocycles. The van der Waals surface area contributed by atoms with E-state index in [-0.39, 0.29) is 54.9 Å². The van der Waals surface area contributed by atoms with Crippen LogP contribution in [0.25, 0.3) is 0 Å². The molecule has 0 spiro atoms. The van der Waals surface area contributed by atoms with Crippen molar-refractivity contribution in [3.8, 4) is 0 Å². The number of rotatable bonds is 16. The van der Waals surface area contributed by atoms with Gasteiger partial charge in [0.05, 0.1) is 6.04 Å². The van der Waals surface area contributed by atoms with Gasteiger partial charge in [0.2, 0.25) is 11.8 Å². The molecule has 0 heterocycles. The zero-order valence-corrected chi connectivity index (χ0v) is 18.4. The smallest absolute Gasteiger partial charge is 0.243 e. The Hall–Kier alpha value is -2.09. The maximum atomic E-state index is 12.7. The number of amides is 2. The molecule has 0 saturated heterocycles. The molecule has 29 heavy (non-hydrogen) atoms. The molecule has 0 radical (unpaired) electrons. The van der Waals surface area contributed by atoms with Gasteiger partial charge in [-0.1, -0.05) is 13.8 Å². The van der Waals surface area contributed by atoms with E-state index in [1.807, 2.05) is 7.05 Å². The van der Waals surface area contributed by atoms with E-state index in [9.17, 15) is 24.0 Å². The lowest BCUT2D eigenvalue weighted by atomic mass is 10.0. The number of unbranched alkanes of at least 4 members (excludes halogenated alkanes) is 1. The molecule has 0 aromatic rings. The average molecular weight is 412 g/mol. The van der Waals surface area contributed by atoms with Gasteiger partial charge in [0.1, 0.15) is 17.6 Å². The molecular weight excluding hydrogens is 374 g/mol. The fraction of sp³-hybridized carbons (Fsp3) is 0.762.